The van der Waals surface area contributed by atoms with Crippen molar-refractivity contribution in [3.63, 3.8) is 0 Å². The molecule has 2 aromatic rings. The Balaban J connectivity index is 2.76. The minimum Gasteiger partial charge on any atom is -0.138 e. The number of hydrogen-bond donors (Lipinski definition) is 0. The Morgan fingerprint density at radius 2 is 2.15 bits per heavy atom. The Morgan fingerprint density at radius 3 is 2.85 bits per heavy atom. The second-order valence-corrected chi connectivity index (χ2v) is 5.54. The van der Waals surface area contributed by atoms with Gasteiger partial charge in [-0.3, -0.25) is 0 Å². The lowest BCUT2D eigenvalue weighted by molar-refractivity contribution is 1.56. The Bertz CT molecular complexity index is 450. The first-order chi connectivity index (χ1) is 6.22. The van der Waals surface area contributed by atoms with Crippen molar-refractivity contribution in [3.8, 4) is 0 Å². The van der Waals surface area contributed by atoms with Gasteiger partial charge in [0.1, 0.15) is 0 Å². The van der Waals surface area contributed by atoms with Crippen LogP contribution in [0.2, 0.25) is 5.02 Å². The maximum absolute atomic E-state index is 5.90. The molecule has 0 aliphatic rings. The fourth-order valence-corrected chi connectivity index (χ4v) is 4.26. The van der Waals surface area contributed by atoms with Gasteiger partial charge in [-0.1, -0.05) is 33.6 Å². The number of thiophene rings is 1. The van der Waals surface area contributed by atoms with Crippen LogP contribution in [0, 0.1) is 0 Å². The maximum Gasteiger partial charge on any atom is 0.0420 e. The lowest BCUT2D eigenvalue weighted by Crippen LogP contribution is -1.68. The van der Waals surface area contributed by atoms with Gasteiger partial charge in [0.15, 0.2) is 0 Å². The molecule has 0 bridgehead atoms. The monoisotopic (exact) mass is 338 g/mol. The number of benzene rings is 1. The predicted octanol–water partition coefficient (Wildman–Crippen LogP) is 5.21. The smallest absolute Gasteiger partial charge is 0.0420 e. The maximum atomic E-state index is 5.90. The van der Waals surface area contributed by atoms with Gasteiger partial charge in [0.05, 0.1) is 0 Å². The molecule has 0 spiro atoms. The fourth-order valence-electron chi connectivity index (χ4n) is 1.18. The van der Waals surface area contributed by atoms with Crippen molar-refractivity contribution >= 4 is 64.9 Å². The summed E-state index contributed by atoms with van der Waals surface area (Å²) in [5.41, 5.74) is 0. The second kappa shape index (κ2) is 3.89. The quantitative estimate of drug-likeness (QED) is 0.625. The molecule has 0 saturated heterocycles. The molecule has 1 heterocycles. The standard InChI is InChI=1S/C9H5Br2ClS/c10-4-8-9(11)6-2-1-5(12)3-7(6)13-8/h1-3H,4H2. The summed E-state index contributed by atoms with van der Waals surface area (Å²) >= 11 is 14.7. The van der Waals surface area contributed by atoms with Gasteiger partial charge >= 0.3 is 0 Å². The van der Waals surface area contributed by atoms with E-state index in [0.29, 0.717) is 0 Å². The van der Waals surface area contributed by atoms with Gasteiger partial charge in [-0.2, -0.15) is 0 Å². The van der Waals surface area contributed by atoms with Gasteiger partial charge < -0.3 is 0 Å². The van der Waals surface area contributed by atoms with Crippen molar-refractivity contribution < 1.29 is 0 Å². The van der Waals surface area contributed by atoms with E-state index >= 15 is 0 Å². The van der Waals surface area contributed by atoms with Crippen LogP contribution in [0.1, 0.15) is 4.88 Å². The Hall–Kier alpha value is 0.430. The zero-order valence-electron chi connectivity index (χ0n) is 6.48. The highest BCUT2D eigenvalue weighted by Gasteiger charge is 2.08. The molecule has 0 saturated carbocycles. The van der Waals surface area contributed by atoms with E-state index in [9.17, 15) is 0 Å². The SMILES string of the molecule is Clc1ccc2c(Br)c(CBr)sc2c1. The summed E-state index contributed by atoms with van der Waals surface area (Å²) in [5, 5.41) is 2.91. The van der Waals surface area contributed by atoms with E-state index in [2.05, 4.69) is 31.9 Å². The minimum absolute atomic E-state index is 0.794. The van der Waals surface area contributed by atoms with Crippen molar-refractivity contribution in [1.29, 1.82) is 0 Å². The van der Waals surface area contributed by atoms with Crippen LogP contribution >= 0.6 is 54.8 Å². The predicted molar refractivity (Wildman–Crippen MR) is 67.2 cm³/mol. The first kappa shape index (κ1) is 9.97. The summed E-state index contributed by atoms with van der Waals surface area (Å²) in [4.78, 5) is 1.30. The van der Waals surface area contributed by atoms with Crippen LogP contribution in [-0.4, -0.2) is 0 Å². The van der Waals surface area contributed by atoms with Gasteiger partial charge in [0.2, 0.25) is 0 Å². The van der Waals surface area contributed by atoms with Crippen LogP contribution in [0.4, 0.5) is 0 Å². The molecule has 0 N–H and O–H groups in total. The van der Waals surface area contributed by atoms with Crippen LogP contribution in [0.15, 0.2) is 22.7 Å². The highest BCUT2D eigenvalue weighted by Crippen LogP contribution is 2.37. The number of alkyl halides is 1. The van der Waals surface area contributed by atoms with E-state index in [0.717, 1.165) is 10.4 Å². The van der Waals surface area contributed by atoms with Gasteiger partial charge in [-0.25, -0.2) is 0 Å². The lowest BCUT2D eigenvalue weighted by Gasteiger charge is -1.90. The number of fused-ring (bicyclic) bond motifs is 1. The largest absolute Gasteiger partial charge is 0.138 e. The molecule has 0 amide bonds. The van der Waals surface area contributed by atoms with Crippen LogP contribution in [0.3, 0.4) is 0 Å². The zero-order valence-corrected chi connectivity index (χ0v) is 11.2. The molecule has 1 aromatic heterocycles. The van der Waals surface area contributed by atoms with Crippen LogP contribution < -0.4 is 0 Å². The van der Waals surface area contributed by atoms with Crippen LogP contribution in [-0.2, 0) is 5.33 Å². The molecule has 0 unspecified atom stereocenters. The average Bonchev–Trinajstić information content (AvgIpc) is 2.42. The molecule has 0 nitrogen and oxygen atoms in total. The molecular weight excluding hydrogens is 335 g/mol. The molecule has 0 aliphatic carbocycles. The Kier molecular flexibility index (Phi) is 2.98. The number of rotatable bonds is 1. The molecule has 0 radical (unpaired) electrons. The lowest BCUT2D eigenvalue weighted by atomic mass is 10.2. The van der Waals surface area contributed by atoms with E-state index in [1.54, 1.807) is 11.3 Å². The summed E-state index contributed by atoms with van der Waals surface area (Å²) in [6, 6.07) is 5.96. The summed E-state index contributed by atoms with van der Waals surface area (Å²) < 4.78 is 2.41. The summed E-state index contributed by atoms with van der Waals surface area (Å²) in [7, 11) is 0. The third kappa shape index (κ3) is 1.80. The van der Waals surface area contributed by atoms with Gasteiger partial charge in [-0.15, -0.1) is 11.3 Å². The molecular formula is C9H5Br2ClS. The molecule has 13 heavy (non-hydrogen) atoms. The molecule has 0 atom stereocenters. The van der Waals surface area contributed by atoms with Crippen molar-refractivity contribution in [1.82, 2.24) is 0 Å². The van der Waals surface area contributed by atoms with E-state index < -0.39 is 0 Å². The zero-order chi connectivity index (χ0) is 9.42. The van der Waals surface area contributed by atoms with Crippen molar-refractivity contribution in [2.75, 3.05) is 0 Å². The second-order valence-electron chi connectivity index (χ2n) is 2.61. The van der Waals surface area contributed by atoms with Crippen molar-refractivity contribution in [2.45, 2.75) is 5.33 Å². The Morgan fingerprint density at radius 1 is 1.38 bits per heavy atom. The number of hydrogen-bond acceptors (Lipinski definition) is 1. The third-order valence-corrected chi connectivity index (χ3v) is 5.27. The van der Waals surface area contributed by atoms with E-state index in [-0.39, 0.29) is 0 Å². The van der Waals surface area contributed by atoms with E-state index in [1.807, 2.05) is 18.2 Å². The van der Waals surface area contributed by atoms with Crippen molar-refractivity contribution in [3.05, 3.63) is 32.6 Å². The molecule has 0 aliphatic heterocycles. The normalized spacial score (nSPS) is 11.0. The van der Waals surface area contributed by atoms with Crippen LogP contribution in [0.5, 0.6) is 0 Å². The van der Waals surface area contributed by atoms with Gasteiger partial charge in [0.25, 0.3) is 0 Å². The highest BCUT2D eigenvalue weighted by atomic mass is 79.9. The average molecular weight is 340 g/mol. The highest BCUT2D eigenvalue weighted by molar-refractivity contribution is 9.11. The molecule has 68 valence electrons. The van der Waals surface area contributed by atoms with Crippen molar-refractivity contribution in [2.24, 2.45) is 0 Å². The molecule has 2 rings (SSSR count). The van der Waals surface area contributed by atoms with E-state index in [1.165, 1.54) is 19.4 Å². The van der Waals surface area contributed by atoms with Crippen LogP contribution in [0.25, 0.3) is 10.1 Å². The molecule has 4 heteroatoms. The first-order valence-corrected chi connectivity index (χ1v) is 6.75. The van der Waals surface area contributed by atoms with E-state index in [4.69, 9.17) is 11.6 Å². The summed E-state index contributed by atoms with van der Waals surface area (Å²) in [6.07, 6.45) is 0. The summed E-state index contributed by atoms with van der Waals surface area (Å²) in [5.74, 6) is 0. The van der Waals surface area contributed by atoms with Gasteiger partial charge in [-0.05, 0) is 28.1 Å². The third-order valence-electron chi connectivity index (χ3n) is 1.78. The first-order valence-electron chi connectivity index (χ1n) is 3.65. The molecule has 1 aromatic carbocycles. The fraction of sp³-hybridized carbons (Fsp3) is 0.111. The molecule has 0 fully saturated rings. The summed E-state index contributed by atoms with van der Waals surface area (Å²) in [6.45, 7) is 0. The number of halogens is 3. The minimum atomic E-state index is 0.794. The Labute approximate surface area is 102 Å². The topological polar surface area (TPSA) is 0 Å². The van der Waals surface area contributed by atoms with Gasteiger partial charge in [0, 0.05) is 29.8 Å².